The third-order valence-corrected chi connectivity index (χ3v) is 3.60. The Bertz CT molecular complexity index is 706. The van der Waals surface area contributed by atoms with Gasteiger partial charge in [-0.3, -0.25) is 4.79 Å². The molecule has 2 rings (SSSR count). The smallest absolute Gasteiger partial charge is 0.412 e. The van der Waals surface area contributed by atoms with Crippen LogP contribution in [0.4, 0.5) is 4.79 Å². The van der Waals surface area contributed by atoms with Gasteiger partial charge >= 0.3 is 12.1 Å². The minimum absolute atomic E-state index is 0.227. The first-order valence-corrected chi connectivity index (χ1v) is 7.65. The molecule has 0 fully saturated rings. The van der Waals surface area contributed by atoms with Crippen LogP contribution in [0.15, 0.2) is 24.4 Å². The van der Waals surface area contributed by atoms with Crippen LogP contribution in [0.2, 0.25) is 0 Å². The molecule has 23 heavy (non-hydrogen) atoms. The summed E-state index contributed by atoms with van der Waals surface area (Å²) >= 11 is 0. The van der Waals surface area contributed by atoms with Crippen molar-refractivity contribution in [1.29, 1.82) is 0 Å². The van der Waals surface area contributed by atoms with Gasteiger partial charge in [0, 0.05) is 37.7 Å². The van der Waals surface area contributed by atoms with E-state index in [1.54, 1.807) is 6.07 Å². The number of methoxy groups -OCH3 is 1. The number of hydrogen-bond donors (Lipinski definition) is 1. The highest BCUT2D eigenvalue weighted by Crippen LogP contribution is 2.26. The predicted octanol–water partition coefficient (Wildman–Crippen LogP) is 2.78. The van der Waals surface area contributed by atoms with Gasteiger partial charge in [-0.2, -0.15) is 0 Å². The van der Waals surface area contributed by atoms with E-state index in [2.05, 4.69) is 10.1 Å². The zero-order valence-electron chi connectivity index (χ0n) is 13.7. The van der Waals surface area contributed by atoms with E-state index in [-0.39, 0.29) is 5.97 Å². The summed E-state index contributed by atoms with van der Waals surface area (Å²) in [6.07, 6.45) is 3.34. The van der Waals surface area contributed by atoms with Gasteiger partial charge in [0.2, 0.25) is 0 Å². The number of rotatable bonds is 6. The molecule has 6 nitrogen and oxygen atoms in total. The number of carbonyl (C=O) groups excluding carboxylic acids is 2. The van der Waals surface area contributed by atoms with Crippen LogP contribution in [0.25, 0.3) is 10.9 Å². The van der Waals surface area contributed by atoms with E-state index < -0.39 is 6.09 Å². The van der Waals surface area contributed by atoms with Crippen molar-refractivity contribution in [3.05, 3.63) is 30.0 Å². The number of nitrogens with zero attached hydrogens (tertiary/aromatic N) is 1. The fraction of sp³-hybridized carbons (Fsp3) is 0.412. The number of esters is 1. The Balaban J connectivity index is 2.15. The summed E-state index contributed by atoms with van der Waals surface area (Å²) in [5, 5.41) is 3.71. The molecule has 2 aromatic rings. The monoisotopic (exact) mass is 318 g/mol. The van der Waals surface area contributed by atoms with E-state index >= 15 is 0 Å². The first-order chi connectivity index (χ1) is 11.0. The molecule has 0 spiro atoms. The minimum Gasteiger partial charge on any atom is -0.469 e. The Kier molecular flexibility index (Phi) is 5.62. The Labute approximate surface area is 135 Å². The Morgan fingerprint density at radius 1 is 1.30 bits per heavy atom. The van der Waals surface area contributed by atoms with E-state index in [1.165, 1.54) is 7.11 Å². The van der Waals surface area contributed by atoms with Crippen molar-refractivity contribution in [3.63, 3.8) is 0 Å². The number of carbonyl (C=O) groups is 2. The number of amides is 1. The van der Waals surface area contributed by atoms with Crippen LogP contribution in [0.5, 0.6) is 5.75 Å². The van der Waals surface area contributed by atoms with E-state index in [9.17, 15) is 9.59 Å². The lowest BCUT2D eigenvalue weighted by Gasteiger charge is -2.06. The minimum atomic E-state index is -0.452. The van der Waals surface area contributed by atoms with Crippen molar-refractivity contribution < 1.29 is 19.1 Å². The topological polar surface area (TPSA) is 69.6 Å². The second-order valence-corrected chi connectivity index (χ2v) is 5.34. The molecular formula is C17H22N2O4. The van der Waals surface area contributed by atoms with Crippen molar-refractivity contribution >= 4 is 23.0 Å². The molecule has 0 bridgehead atoms. The zero-order valence-corrected chi connectivity index (χ0v) is 13.7. The first-order valence-electron chi connectivity index (χ1n) is 7.65. The van der Waals surface area contributed by atoms with Crippen molar-refractivity contribution in [3.8, 4) is 5.75 Å². The molecule has 1 heterocycles. The van der Waals surface area contributed by atoms with Gasteiger partial charge in [-0.25, -0.2) is 4.79 Å². The van der Waals surface area contributed by atoms with E-state index in [0.29, 0.717) is 25.1 Å². The van der Waals surface area contributed by atoms with Gasteiger partial charge < -0.3 is 19.4 Å². The van der Waals surface area contributed by atoms with Crippen LogP contribution in [0.3, 0.4) is 0 Å². The number of fused-ring (bicyclic) bond motifs is 1. The largest absolute Gasteiger partial charge is 0.469 e. The molecule has 0 radical (unpaired) electrons. The maximum absolute atomic E-state index is 11.6. The molecule has 0 unspecified atom stereocenters. The maximum atomic E-state index is 11.6. The number of aryl methyl sites for hydroxylation is 2. The predicted molar refractivity (Wildman–Crippen MR) is 87.6 cm³/mol. The fourth-order valence-corrected chi connectivity index (χ4v) is 2.42. The van der Waals surface area contributed by atoms with Crippen LogP contribution >= 0.6 is 0 Å². The van der Waals surface area contributed by atoms with Crippen LogP contribution in [0, 0.1) is 0 Å². The quantitative estimate of drug-likeness (QED) is 0.832. The van der Waals surface area contributed by atoms with Crippen molar-refractivity contribution in [2.24, 2.45) is 7.05 Å². The SMILES string of the molecule is CCCNC(=O)Oc1ccc2c(CCC(=O)OC)cn(C)c2c1. The van der Waals surface area contributed by atoms with E-state index in [0.717, 1.165) is 22.9 Å². The number of hydrogen-bond acceptors (Lipinski definition) is 4. The summed E-state index contributed by atoms with van der Waals surface area (Å²) in [5.41, 5.74) is 2.01. The lowest BCUT2D eigenvalue weighted by molar-refractivity contribution is -0.140. The summed E-state index contributed by atoms with van der Waals surface area (Å²) in [7, 11) is 3.31. The highest BCUT2D eigenvalue weighted by molar-refractivity contribution is 5.86. The molecule has 0 atom stereocenters. The number of aromatic nitrogens is 1. The average Bonchev–Trinajstić information content (AvgIpc) is 2.86. The molecular weight excluding hydrogens is 296 g/mol. The molecule has 0 saturated carbocycles. The molecule has 1 N–H and O–H groups in total. The summed E-state index contributed by atoms with van der Waals surface area (Å²) < 4.78 is 11.9. The summed E-state index contributed by atoms with van der Waals surface area (Å²) in [6.45, 7) is 2.56. The van der Waals surface area contributed by atoms with Crippen LogP contribution in [-0.2, 0) is 23.0 Å². The standard InChI is InChI=1S/C17H22N2O4/c1-4-9-18-17(21)23-13-6-7-14-12(5-8-16(20)22-3)11-19(2)15(14)10-13/h6-7,10-11H,4-5,8-9H2,1-3H3,(H,18,21). The van der Waals surface area contributed by atoms with Crippen molar-refractivity contribution in [2.75, 3.05) is 13.7 Å². The normalized spacial score (nSPS) is 10.6. The van der Waals surface area contributed by atoms with Gasteiger partial charge in [-0.15, -0.1) is 0 Å². The zero-order chi connectivity index (χ0) is 16.8. The average molecular weight is 318 g/mol. The molecule has 6 heteroatoms. The summed E-state index contributed by atoms with van der Waals surface area (Å²) in [5.74, 6) is 0.265. The molecule has 0 aliphatic rings. The van der Waals surface area contributed by atoms with Crippen LogP contribution in [0.1, 0.15) is 25.3 Å². The van der Waals surface area contributed by atoms with Gasteiger partial charge in [0.05, 0.1) is 12.6 Å². The third-order valence-electron chi connectivity index (χ3n) is 3.60. The van der Waals surface area contributed by atoms with Crippen LogP contribution in [-0.4, -0.2) is 30.3 Å². The second kappa shape index (κ2) is 7.67. The fourth-order valence-electron chi connectivity index (χ4n) is 2.42. The molecule has 0 aliphatic carbocycles. The number of nitrogens with one attached hydrogen (secondary N) is 1. The third kappa shape index (κ3) is 4.25. The van der Waals surface area contributed by atoms with Gasteiger partial charge in [0.25, 0.3) is 0 Å². The Morgan fingerprint density at radius 2 is 2.09 bits per heavy atom. The van der Waals surface area contributed by atoms with Crippen LogP contribution < -0.4 is 10.1 Å². The highest BCUT2D eigenvalue weighted by Gasteiger charge is 2.11. The molecule has 0 aliphatic heterocycles. The highest BCUT2D eigenvalue weighted by atomic mass is 16.6. The summed E-state index contributed by atoms with van der Waals surface area (Å²) in [4.78, 5) is 22.9. The lowest BCUT2D eigenvalue weighted by atomic mass is 10.1. The van der Waals surface area contributed by atoms with Gasteiger partial charge in [0.15, 0.2) is 0 Å². The van der Waals surface area contributed by atoms with Gasteiger partial charge in [0.1, 0.15) is 5.75 Å². The van der Waals surface area contributed by atoms with Crippen molar-refractivity contribution in [1.82, 2.24) is 9.88 Å². The second-order valence-electron chi connectivity index (χ2n) is 5.34. The Hall–Kier alpha value is -2.50. The van der Waals surface area contributed by atoms with E-state index in [1.807, 2.05) is 36.9 Å². The molecule has 124 valence electrons. The van der Waals surface area contributed by atoms with Gasteiger partial charge in [-0.05, 0) is 30.5 Å². The lowest BCUT2D eigenvalue weighted by Crippen LogP contribution is -2.27. The van der Waals surface area contributed by atoms with E-state index in [4.69, 9.17) is 4.74 Å². The van der Waals surface area contributed by atoms with Gasteiger partial charge in [-0.1, -0.05) is 6.92 Å². The van der Waals surface area contributed by atoms with Crippen molar-refractivity contribution in [2.45, 2.75) is 26.2 Å². The summed E-state index contributed by atoms with van der Waals surface area (Å²) in [6, 6.07) is 5.49. The molecule has 1 aromatic carbocycles. The number of ether oxygens (including phenoxy) is 2. The molecule has 0 saturated heterocycles. The Morgan fingerprint density at radius 3 is 2.78 bits per heavy atom. The first kappa shape index (κ1) is 16.9. The number of benzene rings is 1. The molecule has 1 amide bonds. The maximum Gasteiger partial charge on any atom is 0.412 e. The molecule has 1 aromatic heterocycles.